The summed E-state index contributed by atoms with van der Waals surface area (Å²) in [5, 5.41) is 21.7. The molecule has 1 aliphatic rings. The van der Waals surface area contributed by atoms with Crippen LogP contribution >= 0.6 is 11.6 Å². The summed E-state index contributed by atoms with van der Waals surface area (Å²) in [6.45, 7) is 7.88. The summed E-state index contributed by atoms with van der Waals surface area (Å²) < 4.78 is 2.04. The third kappa shape index (κ3) is 7.99. The minimum atomic E-state index is -0.125. The Balaban J connectivity index is 0.000000436. The van der Waals surface area contributed by atoms with Gasteiger partial charge in [-0.15, -0.1) is 5.11 Å². The minimum Gasteiger partial charge on any atom is -0.390 e. The summed E-state index contributed by atoms with van der Waals surface area (Å²) >= 11 is 6.26. The Bertz CT molecular complexity index is 1290. The summed E-state index contributed by atoms with van der Waals surface area (Å²) in [7, 11) is 0. The first-order valence-corrected chi connectivity index (χ1v) is 13.3. The molecular weight excluding hydrogens is 500 g/mol. The van der Waals surface area contributed by atoms with Gasteiger partial charge in [0.2, 0.25) is 0 Å². The maximum atomic E-state index is 9.77. The van der Waals surface area contributed by atoms with Crippen molar-refractivity contribution in [1.82, 2.24) is 9.55 Å². The molecule has 0 spiro atoms. The van der Waals surface area contributed by atoms with E-state index in [1.165, 1.54) is 0 Å². The van der Waals surface area contributed by atoms with E-state index in [4.69, 9.17) is 17.1 Å². The van der Waals surface area contributed by atoms with E-state index in [-0.39, 0.29) is 6.61 Å². The average Bonchev–Trinajstić information content (AvgIpc) is 3.56. The van der Waals surface area contributed by atoms with Gasteiger partial charge in [0.15, 0.2) is 17.7 Å². The lowest BCUT2D eigenvalue weighted by Crippen LogP contribution is -2.09. The van der Waals surface area contributed by atoms with Crippen molar-refractivity contribution < 1.29 is 5.11 Å². The van der Waals surface area contributed by atoms with Crippen LogP contribution in [-0.2, 0) is 19.6 Å². The van der Waals surface area contributed by atoms with Gasteiger partial charge in [0.1, 0.15) is 5.82 Å². The van der Waals surface area contributed by atoms with Gasteiger partial charge >= 0.3 is 0 Å². The predicted molar refractivity (Wildman–Crippen MR) is 152 cm³/mol. The number of imidazole rings is 1. The van der Waals surface area contributed by atoms with Crippen molar-refractivity contribution in [1.29, 1.82) is 0 Å². The highest BCUT2D eigenvalue weighted by Gasteiger charge is 2.16. The highest BCUT2D eigenvalue weighted by Crippen LogP contribution is 2.27. The van der Waals surface area contributed by atoms with Gasteiger partial charge in [0.05, 0.1) is 12.3 Å². The summed E-state index contributed by atoms with van der Waals surface area (Å²) in [6.07, 6.45) is 3.95. The smallest absolute Gasteiger partial charge is 0.179 e. The maximum absolute atomic E-state index is 9.77. The molecule has 0 fully saturated rings. The number of rotatable bonds is 11. The average molecular weight is 535 g/mol. The van der Waals surface area contributed by atoms with Crippen molar-refractivity contribution in [2.24, 2.45) is 26.3 Å². The molecule has 0 amide bonds. The van der Waals surface area contributed by atoms with Gasteiger partial charge in [-0.3, -0.25) is 0 Å². The van der Waals surface area contributed by atoms with E-state index in [9.17, 15) is 5.11 Å². The quantitative estimate of drug-likeness (QED) is 0.154. The van der Waals surface area contributed by atoms with Gasteiger partial charge in [-0.1, -0.05) is 92.4 Å². The van der Waals surface area contributed by atoms with Crippen LogP contribution in [0.25, 0.3) is 21.6 Å². The predicted octanol–water partition coefficient (Wildman–Crippen LogP) is 7.60. The highest BCUT2D eigenvalue weighted by atomic mass is 35.5. The van der Waals surface area contributed by atoms with Gasteiger partial charge in [0.25, 0.3) is 0 Å². The lowest BCUT2D eigenvalue weighted by Gasteiger charge is -2.12. The van der Waals surface area contributed by atoms with Gasteiger partial charge in [-0.2, -0.15) is 5.11 Å². The standard InChI is InChI=1S/C23H24ClN5O.C5H11N3/c1-2-3-8-21-27-22(24)20(14-30)29(21)13-16-9-11-17(12-10-16)18-6-4-5-7-19(18)23-25-15-26-28-23;1-5(2)3-4-7-8-6/h4-7,9-12,30H,2-3,8,13-15H2,1H3;5H,3-4H2,1-2H3. The van der Waals surface area contributed by atoms with E-state index >= 15 is 0 Å². The minimum absolute atomic E-state index is 0.125. The highest BCUT2D eigenvalue weighted by molar-refractivity contribution is 6.30. The molecule has 0 atom stereocenters. The van der Waals surface area contributed by atoms with E-state index in [1.54, 1.807) is 0 Å². The first-order valence-electron chi connectivity index (χ1n) is 12.9. The van der Waals surface area contributed by atoms with Gasteiger partial charge in [0, 0.05) is 30.0 Å². The zero-order valence-corrected chi connectivity index (χ0v) is 23.0. The van der Waals surface area contributed by atoms with Crippen LogP contribution in [0.4, 0.5) is 0 Å². The molecule has 4 rings (SSSR count). The number of aromatic nitrogens is 2. The molecule has 9 nitrogen and oxygen atoms in total. The zero-order valence-electron chi connectivity index (χ0n) is 22.3. The molecular formula is C28H35ClN8O. The van der Waals surface area contributed by atoms with Crippen LogP contribution in [0, 0.1) is 5.92 Å². The Hall–Kier alpha value is -3.52. The number of halogens is 1. The summed E-state index contributed by atoms with van der Waals surface area (Å²) in [6, 6.07) is 16.5. The molecule has 0 saturated heterocycles. The van der Waals surface area contributed by atoms with Crippen LogP contribution in [0.5, 0.6) is 0 Å². The van der Waals surface area contributed by atoms with Crippen LogP contribution < -0.4 is 0 Å². The van der Waals surface area contributed by atoms with Crippen LogP contribution in [0.15, 0.2) is 68.9 Å². The second-order valence-electron chi connectivity index (χ2n) is 9.36. The second-order valence-corrected chi connectivity index (χ2v) is 9.72. The lowest BCUT2D eigenvalue weighted by atomic mass is 9.98. The number of azo groups is 1. The van der Waals surface area contributed by atoms with Crippen molar-refractivity contribution >= 4 is 17.4 Å². The molecule has 0 bridgehead atoms. The molecule has 0 unspecified atom stereocenters. The largest absolute Gasteiger partial charge is 0.390 e. The number of hydrogen-bond acceptors (Lipinski definition) is 6. The van der Waals surface area contributed by atoms with Crippen molar-refractivity contribution in [2.75, 3.05) is 13.2 Å². The molecule has 2 heterocycles. The van der Waals surface area contributed by atoms with E-state index < -0.39 is 0 Å². The van der Waals surface area contributed by atoms with E-state index in [1.807, 2.05) is 22.8 Å². The number of hydrogen-bond donors (Lipinski definition) is 1. The van der Waals surface area contributed by atoms with Crippen LogP contribution in [0.3, 0.4) is 0 Å². The van der Waals surface area contributed by atoms with Crippen LogP contribution in [-0.4, -0.2) is 33.7 Å². The molecule has 0 radical (unpaired) electrons. The molecule has 10 heteroatoms. The second kappa shape index (κ2) is 15.0. The fourth-order valence-corrected chi connectivity index (χ4v) is 4.26. The number of nitrogens with zero attached hydrogens (tertiary/aromatic N) is 8. The first kappa shape index (κ1) is 29.0. The number of aryl methyl sites for hydroxylation is 1. The summed E-state index contributed by atoms with van der Waals surface area (Å²) in [5.74, 6) is 2.24. The number of aliphatic imine (C=N–C) groups is 1. The normalized spacial score (nSPS) is 12.2. The van der Waals surface area contributed by atoms with Crippen LogP contribution in [0.2, 0.25) is 5.15 Å². The first-order chi connectivity index (χ1) is 18.5. The van der Waals surface area contributed by atoms with Crippen molar-refractivity contribution in [3.8, 4) is 11.1 Å². The Kier molecular flexibility index (Phi) is 11.5. The number of azide groups is 1. The van der Waals surface area contributed by atoms with Gasteiger partial charge in [-0.05, 0) is 41.0 Å². The molecule has 38 heavy (non-hydrogen) atoms. The van der Waals surface area contributed by atoms with Crippen molar-refractivity contribution in [2.45, 2.75) is 59.6 Å². The molecule has 0 aliphatic carbocycles. The Morgan fingerprint density at radius 2 is 1.87 bits per heavy atom. The number of benzene rings is 2. The fraction of sp³-hybridized carbons (Fsp3) is 0.429. The third-order valence-corrected chi connectivity index (χ3v) is 6.40. The molecule has 2 aromatic carbocycles. The molecule has 1 aliphatic heterocycles. The van der Waals surface area contributed by atoms with E-state index in [0.717, 1.165) is 53.8 Å². The fourth-order valence-electron chi connectivity index (χ4n) is 4.00. The van der Waals surface area contributed by atoms with Gasteiger partial charge in [-0.25, -0.2) is 9.98 Å². The number of amidine groups is 1. The van der Waals surface area contributed by atoms with Gasteiger partial charge < -0.3 is 9.67 Å². The Morgan fingerprint density at radius 1 is 1.13 bits per heavy atom. The van der Waals surface area contributed by atoms with Crippen LogP contribution in [0.1, 0.15) is 62.7 Å². The Morgan fingerprint density at radius 3 is 2.47 bits per heavy atom. The number of unbranched alkanes of at least 4 members (excludes halogenated alkanes) is 1. The molecule has 1 N–H and O–H groups in total. The zero-order chi connectivity index (χ0) is 27.3. The molecule has 0 saturated carbocycles. The van der Waals surface area contributed by atoms with Crippen molar-refractivity contribution in [3.63, 3.8) is 0 Å². The molecule has 1 aromatic heterocycles. The van der Waals surface area contributed by atoms with E-state index in [2.05, 4.69) is 81.3 Å². The molecule has 200 valence electrons. The SMILES string of the molecule is CC(C)CCN=[N+]=[N-].CCCCc1nc(Cl)c(CO)n1Cc1ccc(-c2ccccc2C2=NCN=N2)cc1. The maximum Gasteiger partial charge on any atom is 0.179 e. The lowest BCUT2D eigenvalue weighted by molar-refractivity contribution is 0.271. The summed E-state index contributed by atoms with van der Waals surface area (Å²) in [4.78, 5) is 11.5. The van der Waals surface area contributed by atoms with Crippen molar-refractivity contribution in [3.05, 3.63) is 86.8 Å². The summed E-state index contributed by atoms with van der Waals surface area (Å²) in [5.41, 5.74) is 12.8. The third-order valence-electron chi connectivity index (χ3n) is 6.10. The monoisotopic (exact) mass is 534 g/mol. The number of aliphatic hydroxyl groups is 1. The topological polar surface area (TPSA) is 124 Å². The Labute approximate surface area is 229 Å². The molecule has 3 aromatic rings. The number of aliphatic hydroxyl groups excluding tert-OH is 1. The van der Waals surface area contributed by atoms with E-state index in [0.29, 0.717) is 42.4 Å².